The molecule has 4 aliphatic rings. The first-order valence-electron chi connectivity index (χ1n) is 12.6. The smallest absolute Gasteiger partial charge is 0.242 e. The molecule has 4 atom stereocenters. The summed E-state index contributed by atoms with van der Waals surface area (Å²) >= 11 is 7.17. The van der Waals surface area contributed by atoms with Crippen molar-refractivity contribution >= 4 is 50.9 Å². The van der Waals surface area contributed by atoms with Crippen molar-refractivity contribution in [1.82, 2.24) is 24.3 Å². The Morgan fingerprint density at radius 2 is 2.00 bits per heavy atom. The molecule has 0 bridgehead atoms. The van der Waals surface area contributed by atoms with Crippen molar-refractivity contribution in [1.29, 1.82) is 0 Å². The maximum absolute atomic E-state index is 13.3. The lowest BCUT2D eigenvalue weighted by molar-refractivity contribution is -0.144. The van der Waals surface area contributed by atoms with Crippen molar-refractivity contribution in [2.75, 3.05) is 59.4 Å². The summed E-state index contributed by atoms with van der Waals surface area (Å²) in [5.41, 5.74) is 0. The molecule has 1 aromatic rings. The van der Waals surface area contributed by atoms with Gasteiger partial charge in [0.25, 0.3) is 0 Å². The van der Waals surface area contributed by atoms with Gasteiger partial charge in [-0.15, -0.1) is 11.3 Å². The lowest BCUT2D eigenvalue weighted by atomic mass is 10.1. The molecule has 1 unspecified atom stereocenters. The number of amides is 2. The van der Waals surface area contributed by atoms with Crippen LogP contribution < -0.4 is 4.72 Å². The molecule has 198 valence electrons. The number of nitrogens with zero attached hydrogens (tertiary/aromatic N) is 4. The van der Waals surface area contributed by atoms with Crippen LogP contribution in [0.3, 0.4) is 0 Å². The lowest BCUT2D eigenvalue weighted by Gasteiger charge is -2.38. The summed E-state index contributed by atoms with van der Waals surface area (Å²) < 4.78 is 28.2. The molecule has 4 fully saturated rings. The number of likely N-dealkylation sites (tertiary alicyclic amines) is 2. The van der Waals surface area contributed by atoms with Crippen LogP contribution in [-0.2, 0) is 19.6 Å². The summed E-state index contributed by atoms with van der Waals surface area (Å²) in [6.45, 7) is 6.29. The Hall–Kier alpha value is -1.50. The maximum Gasteiger partial charge on any atom is 0.242 e. The number of hydrogen-bond donors (Lipinski definition) is 1. The highest BCUT2D eigenvalue weighted by Crippen LogP contribution is 2.49. The van der Waals surface area contributed by atoms with E-state index in [1.54, 1.807) is 12.1 Å². The number of piperazine rings is 1. The van der Waals surface area contributed by atoms with E-state index < -0.39 is 16.1 Å². The highest BCUT2D eigenvalue weighted by Gasteiger charge is 2.54. The molecular weight excluding hydrogens is 522 g/mol. The van der Waals surface area contributed by atoms with E-state index in [1.165, 1.54) is 28.7 Å². The van der Waals surface area contributed by atoms with Crippen molar-refractivity contribution in [3.05, 3.63) is 26.8 Å². The number of thiophene rings is 1. The molecule has 3 saturated heterocycles. The molecule has 1 aromatic heterocycles. The van der Waals surface area contributed by atoms with E-state index in [-0.39, 0.29) is 24.4 Å². The first kappa shape index (κ1) is 26.1. The van der Waals surface area contributed by atoms with Crippen LogP contribution in [0.25, 0.3) is 6.08 Å². The lowest BCUT2D eigenvalue weighted by Crippen LogP contribution is -2.56. The molecule has 0 radical (unpaired) electrons. The predicted molar refractivity (Wildman–Crippen MR) is 141 cm³/mol. The Balaban J connectivity index is 1.17. The van der Waals surface area contributed by atoms with Gasteiger partial charge in [-0.2, -0.15) is 4.72 Å². The molecular formula is C24H34ClN5O4S2. The third-order valence-corrected chi connectivity index (χ3v) is 10.1. The van der Waals surface area contributed by atoms with Gasteiger partial charge in [0.2, 0.25) is 21.8 Å². The fourth-order valence-corrected chi connectivity index (χ4v) is 7.73. The van der Waals surface area contributed by atoms with Crippen molar-refractivity contribution < 1.29 is 18.0 Å². The number of likely N-dealkylation sites (N-methyl/N-ethyl adjacent to an activating group) is 1. The molecule has 36 heavy (non-hydrogen) atoms. The zero-order valence-electron chi connectivity index (χ0n) is 20.5. The van der Waals surface area contributed by atoms with Crippen LogP contribution in [0.1, 0.15) is 24.1 Å². The third-order valence-electron chi connectivity index (χ3n) is 7.83. The monoisotopic (exact) mass is 555 g/mol. The van der Waals surface area contributed by atoms with Crippen molar-refractivity contribution in [2.24, 2.45) is 11.8 Å². The Morgan fingerprint density at radius 1 is 1.22 bits per heavy atom. The summed E-state index contributed by atoms with van der Waals surface area (Å²) in [6, 6.07) is 2.79. The molecule has 9 nitrogen and oxygen atoms in total. The Morgan fingerprint density at radius 3 is 2.72 bits per heavy atom. The minimum atomic E-state index is -3.82. The maximum atomic E-state index is 13.3. The van der Waals surface area contributed by atoms with Crippen molar-refractivity contribution in [2.45, 2.75) is 31.3 Å². The van der Waals surface area contributed by atoms with E-state index in [2.05, 4.69) is 21.6 Å². The topological polar surface area (TPSA) is 93.3 Å². The number of carbonyl (C=O) groups excluding carboxylic acids is 2. The number of nitrogens with one attached hydrogen (secondary N) is 1. The van der Waals surface area contributed by atoms with E-state index in [9.17, 15) is 18.0 Å². The van der Waals surface area contributed by atoms with Crippen LogP contribution in [0.4, 0.5) is 0 Å². The van der Waals surface area contributed by atoms with Gasteiger partial charge in [-0.05, 0) is 56.4 Å². The van der Waals surface area contributed by atoms with Gasteiger partial charge < -0.3 is 14.7 Å². The first-order chi connectivity index (χ1) is 17.2. The second-order valence-electron chi connectivity index (χ2n) is 10.4. The van der Waals surface area contributed by atoms with Crippen molar-refractivity contribution in [3.63, 3.8) is 0 Å². The predicted octanol–water partition coefficient (Wildman–Crippen LogP) is 1.38. The van der Waals surface area contributed by atoms with Gasteiger partial charge in [-0.25, -0.2) is 8.42 Å². The number of hydrogen-bond acceptors (Lipinski definition) is 7. The van der Waals surface area contributed by atoms with Gasteiger partial charge in [0.15, 0.2) is 0 Å². The molecule has 1 saturated carbocycles. The molecule has 5 rings (SSSR count). The second-order valence-corrected chi connectivity index (χ2v) is 13.8. The zero-order chi connectivity index (χ0) is 25.4. The minimum absolute atomic E-state index is 0.0132. The number of halogens is 1. The zero-order valence-corrected chi connectivity index (χ0v) is 22.9. The Labute approximate surface area is 222 Å². The van der Waals surface area contributed by atoms with Crippen LogP contribution in [0.15, 0.2) is 17.5 Å². The van der Waals surface area contributed by atoms with Crippen LogP contribution in [-0.4, -0.2) is 111 Å². The van der Waals surface area contributed by atoms with E-state index in [0.29, 0.717) is 40.4 Å². The van der Waals surface area contributed by atoms with Gasteiger partial charge in [-0.3, -0.25) is 14.5 Å². The van der Waals surface area contributed by atoms with Gasteiger partial charge >= 0.3 is 0 Å². The van der Waals surface area contributed by atoms with Gasteiger partial charge in [0.05, 0.1) is 10.9 Å². The first-order valence-corrected chi connectivity index (χ1v) is 15.4. The molecule has 0 aromatic carbocycles. The standard InChI is InChI=1S/C24H34ClN5O4S2/c1-27-8-10-28(11-9-27)15-21-19-13-17(19)14-30(21)23(31)16-29-7-2-3-20(24(29)32)26-36(33,34)12-6-18-4-5-22(25)35-18/h4-6,12,17,19-21,26H,2-3,7-11,13-16H2,1H3/b12-6+/t17-,19?,20-,21+/m0/s1. The summed E-state index contributed by atoms with van der Waals surface area (Å²) in [4.78, 5) is 35.5. The fraction of sp³-hybridized carbons (Fsp3) is 0.667. The SMILES string of the molecule is CN1CCN(C[C@@H]2C3C[C@H]3CN2C(=O)CN2CCC[C@H](NS(=O)(=O)/C=C/c3ccc(Cl)s3)C2=O)CC1. The molecule has 12 heteroatoms. The van der Waals surface area contributed by atoms with E-state index >= 15 is 0 Å². The van der Waals surface area contributed by atoms with Gasteiger partial charge in [0, 0.05) is 62.1 Å². The number of piperidine rings is 2. The highest BCUT2D eigenvalue weighted by atomic mass is 35.5. The largest absolute Gasteiger partial charge is 0.336 e. The van der Waals surface area contributed by atoms with Crippen LogP contribution in [0, 0.1) is 11.8 Å². The quantitative estimate of drug-likeness (QED) is 0.521. The van der Waals surface area contributed by atoms with Gasteiger partial charge in [-0.1, -0.05) is 11.6 Å². The fourth-order valence-electron chi connectivity index (χ4n) is 5.66. The van der Waals surface area contributed by atoms with Crippen LogP contribution in [0.5, 0.6) is 0 Å². The number of fused-ring (bicyclic) bond motifs is 1. The number of rotatable bonds is 8. The third kappa shape index (κ3) is 6.14. The minimum Gasteiger partial charge on any atom is -0.336 e. The number of carbonyl (C=O) groups is 2. The Bertz CT molecular complexity index is 1120. The summed E-state index contributed by atoms with van der Waals surface area (Å²) in [5, 5.41) is 1.06. The molecule has 2 amide bonds. The van der Waals surface area contributed by atoms with E-state index in [1.807, 2.05) is 4.90 Å². The summed E-state index contributed by atoms with van der Waals surface area (Å²) in [5.74, 6) is 0.821. The van der Waals surface area contributed by atoms with E-state index in [4.69, 9.17) is 11.6 Å². The summed E-state index contributed by atoms with van der Waals surface area (Å²) in [6.07, 6.45) is 3.72. The van der Waals surface area contributed by atoms with Crippen LogP contribution >= 0.6 is 22.9 Å². The van der Waals surface area contributed by atoms with Crippen molar-refractivity contribution in [3.8, 4) is 0 Å². The molecule has 1 N–H and O–H groups in total. The van der Waals surface area contributed by atoms with E-state index in [0.717, 1.165) is 44.7 Å². The normalized spacial score (nSPS) is 29.8. The molecule has 4 heterocycles. The average Bonchev–Trinajstić information content (AvgIpc) is 3.34. The average molecular weight is 556 g/mol. The Kier molecular flexibility index (Phi) is 7.77. The number of sulfonamides is 1. The highest BCUT2D eigenvalue weighted by molar-refractivity contribution is 7.92. The van der Waals surface area contributed by atoms with Crippen LogP contribution in [0.2, 0.25) is 4.34 Å². The van der Waals surface area contributed by atoms with Gasteiger partial charge in [0.1, 0.15) is 6.04 Å². The summed E-state index contributed by atoms with van der Waals surface area (Å²) in [7, 11) is -1.68. The molecule has 1 aliphatic carbocycles. The second kappa shape index (κ2) is 10.7. The molecule has 0 spiro atoms. The molecule has 3 aliphatic heterocycles.